The molecule has 2 aromatic rings. The zero-order valence-electron chi connectivity index (χ0n) is 10.8. The molecule has 0 bridgehead atoms. The lowest BCUT2D eigenvalue weighted by atomic mass is 10.2. The topological polar surface area (TPSA) is 41.5 Å². The molecular weight excluding hydrogens is 307 g/mol. The molecule has 0 atom stereocenters. The van der Waals surface area contributed by atoms with Gasteiger partial charge in [-0.25, -0.2) is 4.99 Å². The van der Waals surface area contributed by atoms with Crippen LogP contribution in [0.1, 0.15) is 11.1 Å². The molecule has 1 aliphatic heterocycles. The Morgan fingerprint density at radius 2 is 1.71 bits per heavy atom. The maximum absolute atomic E-state index is 12.0. The first kappa shape index (κ1) is 13.9. The van der Waals surface area contributed by atoms with E-state index in [4.69, 9.17) is 23.2 Å². The number of halogens is 2. The summed E-state index contributed by atoms with van der Waals surface area (Å²) in [6.45, 7) is 0. The van der Waals surface area contributed by atoms with Crippen LogP contribution in [0, 0.1) is 0 Å². The van der Waals surface area contributed by atoms with Crippen molar-refractivity contribution in [3.8, 4) is 0 Å². The Bertz CT molecular complexity index is 764. The maximum atomic E-state index is 12.0. The lowest BCUT2D eigenvalue weighted by Crippen LogP contribution is -2.24. The summed E-state index contributed by atoms with van der Waals surface area (Å²) in [6.07, 6.45) is 1.70. The number of aliphatic imine (C=N–C) groups is 1. The number of carbonyl (C=O) groups is 1. The summed E-state index contributed by atoms with van der Waals surface area (Å²) >= 11 is 11.9. The van der Waals surface area contributed by atoms with Gasteiger partial charge in [-0.05, 0) is 35.9 Å². The van der Waals surface area contributed by atoms with E-state index in [1.807, 2.05) is 30.3 Å². The van der Waals surface area contributed by atoms with Crippen LogP contribution in [0.5, 0.6) is 0 Å². The molecule has 0 saturated carbocycles. The van der Waals surface area contributed by atoms with Gasteiger partial charge in [0.1, 0.15) is 11.5 Å². The Morgan fingerprint density at radius 1 is 1.00 bits per heavy atom. The summed E-state index contributed by atoms with van der Waals surface area (Å²) in [5.41, 5.74) is 1.90. The van der Waals surface area contributed by atoms with Gasteiger partial charge in [0.15, 0.2) is 0 Å². The fraction of sp³-hybridized carbons (Fsp3) is 0. The molecule has 3 nitrogen and oxygen atoms in total. The Morgan fingerprint density at radius 3 is 2.43 bits per heavy atom. The van der Waals surface area contributed by atoms with E-state index in [1.54, 1.807) is 24.3 Å². The van der Waals surface area contributed by atoms with Crippen LogP contribution in [0.25, 0.3) is 6.08 Å². The minimum atomic E-state index is -0.250. The van der Waals surface area contributed by atoms with Gasteiger partial charge in [-0.1, -0.05) is 47.5 Å². The molecule has 0 aliphatic carbocycles. The van der Waals surface area contributed by atoms with Gasteiger partial charge in [0.05, 0.1) is 5.02 Å². The maximum Gasteiger partial charge on any atom is 0.275 e. The third kappa shape index (κ3) is 2.99. The smallest absolute Gasteiger partial charge is 0.275 e. The molecule has 0 fully saturated rings. The zero-order valence-corrected chi connectivity index (χ0v) is 12.3. The fourth-order valence-corrected chi connectivity index (χ4v) is 2.32. The number of nitrogens with zero attached hydrogens (tertiary/aromatic N) is 1. The normalized spacial score (nSPS) is 16.0. The van der Waals surface area contributed by atoms with Crippen LogP contribution in [-0.4, -0.2) is 11.7 Å². The minimum Gasteiger partial charge on any atom is -0.305 e. The van der Waals surface area contributed by atoms with Crippen molar-refractivity contribution in [2.75, 3.05) is 0 Å². The summed E-state index contributed by atoms with van der Waals surface area (Å²) in [7, 11) is 0. The van der Waals surface area contributed by atoms with Gasteiger partial charge in [0, 0.05) is 10.6 Å². The average molecular weight is 317 g/mol. The molecule has 1 heterocycles. The van der Waals surface area contributed by atoms with Gasteiger partial charge in [0.25, 0.3) is 5.91 Å². The van der Waals surface area contributed by atoms with Crippen molar-refractivity contribution in [3.63, 3.8) is 0 Å². The second-order valence-electron chi connectivity index (χ2n) is 4.48. The number of benzene rings is 2. The first-order chi connectivity index (χ1) is 10.1. The predicted octanol–water partition coefficient (Wildman–Crippen LogP) is 3.91. The highest BCUT2D eigenvalue weighted by Gasteiger charge is 2.22. The summed E-state index contributed by atoms with van der Waals surface area (Å²) in [5, 5.41) is 3.92. The third-order valence-electron chi connectivity index (χ3n) is 3.00. The number of hydrogen-bond acceptors (Lipinski definition) is 2. The second-order valence-corrected chi connectivity index (χ2v) is 5.32. The van der Waals surface area contributed by atoms with E-state index in [1.165, 1.54) is 0 Å². The van der Waals surface area contributed by atoms with Crippen LogP contribution >= 0.6 is 23.2 Å². The molecule has 21 heavy (non-hydrogen) atoms. The molecule has 0 saturated heterocycles. The van der Waals surface area contributed by atoms with Crippen molar-refractivity contribution < 1.29 is 4.79 Å². The van der Waals surface area contributed by atoms with Gasteiger partial charge < -0.3 is 5.32 Å². The SMILES string of the molecule is O=C1NC(c2ccccc2Cl)=NC1=Cc1ccc(Cl)cc1. The van der Waals surface area contributed by atoms with E-state index in [9.17, 15) is 4.79 Å². The summed E-state index contributed by atoms with van der Waals surface area (Å²) in [4.78, 5) is 16.3. The molecular formula is C16H10Cl2N2O. The Kier molecular flexibility index (Phi) is 3.78. The zero-order chi connectivity index (χ0) is 14.8. The van der Waals surface area contributed by atoms with E-state index in [0.717, 1.165) is 5.56 Å². The first-order valence-electron chi connectivity index (χ1n) is 6.26. The van der Waals surface area contributed by atoms with Crippen molar-refractivity contribution in [3.05, 3.63) is 75.4 Å². The highest BCUT2D eigenvalue weighted by Crippen LogP contribution is 2.20. The minimum absolute atomic E-state index is 0.250. The van der Waals surface area contributed by atoms with Gasteiger partial charge in [0.2, 0.25) is 0 Å². The molecule has 1 N–H and O–H groups in total. The highest BCUT2D eigenvalue weighted by atomic mass is 35.5. The van der Waals surface area contributed by atoms with Crippen molar-refractivity contribution in [2.24, 2.45) is 4.99 Å². The van der Waals surface area contributed by atoms with Crippen LogP contribution in [0.2, 0.25) is 10.0 Å². The largest absolute Gasteiger partial charge is 0.305 e. The van der Waals surface area contributed by atoms with Gasteiger partial charge in [-0.2, -0.15) is 0 Å². The Balaban J connectivity index is 1.96. The number of rotatable bonds is 2. The number of carbonyl (C=O) groups excluding carboxylic acids is 1. The van der Waals surface area contributed by atoms with E-state index in [2.05, 4.69) is 10.3 Å². The van der Waals surface area contributed by atoms with Crippen molar-refractivity contribution in [1.82, 2.24) is 5.32 Å². The predicted molar refractivity (Wildman–Crippen MR) is 85.6 cm³/mol. The first-order valence-corrected chi connectivity index (χ1v) is 7.01. The summed E-state index contributed by atoms with van der Waals surface area (Å²) in [5.74, 6) is 0.214. The molecule has 0 spiro atoms. The van der Waals surface area contributed by atoms with Crippen LogP contribution in [0.15, 0.2) is 59.2 Å². The number of amidine groups is 1. The molecule has 104 valence electrons. The summed E-state index contributed by atoms with van der Waals surface area (Å²) in [6, 6.07) is 14.4. The van der Waals surface area contributed by atoms with Crippen molar-refractivity contribution in [1.29, 1.82) is 0 Å². The highest BCUT2D eigenvalue weighted by molar-refractivity contribution is 6.35. The summed E-state index contributed by atoms with van der Waals surface area (Å²) < 4.78 is 0. The monoisotopic (exact) mass is 316 g/mol. The Hall–Kier alpha value is -2.10. The van der Waals surface area contributed by atoms with E-state index in [-0.39, 0.29) is 5.91 Å². The molecule has 1 aliphatic rings. The van der Waals surface area contributed by atoms with Crippen LogP contribution < -0.4 is 5.32 Å². The molecule has 0 unspecified atom stereocenters. The van der Waals surface area contributed by atoms with Crippen LogP contribution in [-0.2, 0) is 4.79 Å². The lowest BCUT2D eigenvalue weighted by molar-refractivity contribution is -0.115. The van der Waals surface area contributed by atoms with Crippen LogP contribution in [0.4, 0.5) is 0 Å². The molecule has 5 heteroatoms. The number of amides is 1. The molecule has 0 radical (unpaired) electrons. The number of hydrogen-bond donors (Lipinski definition) is 1. The van der Waals surface area contributed by atoms with Gasteiger partial charge in [-0.3, -0.25) is 4.79 Å². The van der Waals surface area contributed by atoms with E-state index in [0.29, 0.717) is 27.1 Å². The molecule has 1 amide bonds. The standard InChI is InChI=1S/C16H10Cl2N2O/c17-11-7-5-10(6-8-11)9-14-16(21)20-15(19-14)12-3-1-2-4-13(12)18/h1-9H,(H,19,20,21). The molecule has 3 rings (SSSR count). The second kappa shape index (κ2) is 5.72. The Labute approximate surface area is 131 Å². The van der Waals surface area contributed by atoms with Gasteiger partial charge >= 0.3 is 0 Å². The van der Waals surface area contributed by atoms with Gasteiger partial charge in [-0.15, -0.1) is 0 Å². The van der Waals surface area contributed by atoms with Crippen LogP contribution in [0.3, 0.4) is 0 Å². The fourth-order valence-electron chi connectivity index (χ4n) is 1.97. The average Bonchev–Trinajstić information content (AvgIpc) is 2.83. The van der Waals surface area contributed by atoms with Crippen molar-refractivity contribution in [2.45, 2.75) is 0 Å². The quantitative estimate of drug-likeness (QED) is 0.838. The van der Waals surface area contributed by atoms with E-state index >= 15 is 0 Å². The van der Waals surface area contributed by atoms with E-state index < -0.39 is 0 Å². The molecule has 0 aromatic heterocycles. The number of nitrogens with one attached hydrogen (secondary N) is 1. The van der Waals surface area contributed by atoms with Crippen molar-refractivity contribution >= 4 is 41.0 Å². The molecule has 2 aromatic carbocycles. The third-order valence-corrected chi connectivity index (χ3v) is 3.58. The lowest BCUT2D eigenvalue weighted by Gasteiger charge is -2.01.